The normalized spacial score (nSPS) is 12.1. The van der Waals surface area contributed by atoms with Crippen LogP contribution in [-0.4, -0.2) is 0 Å². The lowest BCUT2D eigenvalue weighted by atomic mass is 10.0. The summed E-state index contributed by atoms with van der Waals surface area (Å²) in [5, 5.41) is 9.69. The van der Waals surface area contributed by atoms with Gasteiger partial charge in [0.2, 0.25) is 0 Å². The SMILES string of the molecule is c1ccc(N(c2ccc3c(c2)oc2ccccc23)c2ccc3oc4ccc5c(sc6ccc7ccccc7c65)c4c3c2)cc1. The summed E-state index contributed by atoms with van der Waals surface area (Å²) in [7, 11) is 0. The van der Waals surface area contributed by atoms with Crippen LogP contribution in [0.2, 0.25) is 0 Å². The molecule has 0 fully saturated rings. The second-order valence-electron chi connectivity index (χ2n) is 11.3. The molecule has 0 amide bonds. The van der Waals surface area contributed by atoms with Crippen molar-refractivity contribution < 1.29 is 8.83 Å². The zero-order valence-electron chi connectivity index (χ0n) is 23.5. The first-order chi connectivity index (χ1) is 21.8. The van der Waals surface area contributed by atoms with Gasteiger partial charge in [-0.2, -0.15) is 0 Å². The van der Waals surface area contributed by atoms with Gasteiger partial charge < -0.3 is 13.7 Å². The van der Waals surface area contributed by atoms with Crippen LogP contribution in [0.25, 0.3) is 74.8 Å². The molecule has 0 N–H and O–H groups in total. The summed E-state index contributed by atoms with van der Waals surface area (Å²) in [5.74, 6) is 0. The predicted octanol–water partition coefficient (Wildman–Crippen LogP) is 12.5. The molecule has 0 spiro atoms. The molecule has 0 aliphatic rings. The fraction of sp³-hybridized carbons (Fsp3) is 0. The average molecular weight is 582 g/mol. The second kappa shape index (κ2) is 8.96. The van der Waals surface area contributed by atoms with Gasteiger partial charge in [-0.1, -0.05) is 66.7 Å². The Labute approximate surface area is 255 Å². The number of furan rings is 2. The molecule has 10 aromatic rings. The lowest BCUT2D eigenvalue weighted by Gasteiger charge is -2.25. The summed E-state index contributed by atoms with van der Waals surface area (Å²) in [6.45, 7) is 0. The van der Waals surface area contributed by atoms with Crippen LogP contribution >= 0.6 is 11.3 Å². The molecule has 0 bridgehead atoms. The monoisotopic (exact) mass is 581 g/mol. The Morgan fingerprint density at radius 1 is 0.409 bits per heavy atom. The van der Waals surface area contributed by atoms with Crippen LogP contribution in [0.3, 0.4) is 0 Å². The zero-order chi connectivity index (χ0) is 28.8. The molecule has 0 unspecified atom stereocenters. The van der Waals surface area contributed by atoms with Crippen LogP contribution < -0.4 is 4.90 Å². The molecule has 206 valence electrons. The minimum atomic E-state index is 0.874. The lowest BCUT2D eigenvalue weighted by molar-refractivity contribution is 0.668. The summed E-state index contributed by atoms with van der Waals surface area (Å²) in [4.78, 5) is 2.30. The number of nitrogens with zero attached hydrogens (tertiary/aromatic N) is 1. The Morgan fingerprint density at radius 3 is 2.02 bits per heavy atom. The van der Waals surface area contributed by atoms with E-state index in [1.54, 1.807) is 0 Å². The third kappa shape index (κ3) is 3.37. The molecule has 7 aromatic carbocycles. The molecule has 3 nitrogen and oxygen atoms in total. The molecule has 4 heteroatoms. The highest BCUT2D eigenvalue weighted by Gasteiger charge is 2.20. The van der Waals surface area contributed by atoms with Crippen molar-refractivity contribution in [1.29, 1.82) is 0 Å². The van der Waals surface area contributed by atoms with Crippen molar-refractivity contribution in [2.75, 3.05) is 4.90 Å². The molecule has 0 aliphatic heterocycles. The molecule has 10 rings (SSSR count). The molecule has 0 radical (unpaired) electrons. The highest BCUT2D eigenvalue weighted by atomic mass is 32.1. The second-order valence-corrected chi connectivity index (χ2v) is 12.4. The van der Waals surface area contributed by atoms with Crippen LogP contribution in [0.4, 0.5) is 17.1 Å². The highest BCUT2D eigenvalue weighted by molar-refractivity contribution is 7.27. The third-order valence-corrected chi connectivity index (χ3v) is 10.0. The van der Waals surface area contributed by atoms with Gasteiger partial charge in [0.25, 0.3) is 0 Å². The van der Waals surface area contributed by atoms with E-state index in [4.69, 9.17) is 8.83 Å². The standard InChI is InChI=1S/C40H23NO2S/c1-2-9-25(10-3-1)41(27-15-17-30-29-12-6-7-13-33(29)43-36(30)23-27)26-16-19-34-32(22-26)39-35(42-34)20-18-31-38-28-11-5-4-8-24(28)14-21-37(38)44-40(31)39/h1-23H. The van der Waals surface area contributed by atoms with Crippen molar-refractivity contribution in [2.24, 2.45) is 0 Å². The van der Waals surface area contributed by atoms with Crippen LogP contribution in [0.1, 0.15) is 0 Å². The van der Waals surface area contributed by atoms with E-state index in [1.165, 1.54) is 36.3 Å². The minimum absolute atomic E-state index is 0.874. The zero-order valence-corrected chi connectivity index (χ0v) is 24.3. The van der Waals surface area contributed by atoms with Gasteiger partial charge in [-0.05, 0) is 77.5 Å². The number of hydrogen-bond acceptors (Lipinski definition) is 4. The van der Waals surface area contributed by atoms with E-state index in [-0.39, 0.29) is 0 Å². The molecule has 0 saturated heterocycles. The minimum Gasteiger partial charge on any atom is -0.456 e. The van der Waals surface area contributed by atoms with Gasteiger partial charge in [-0.3, -0.25) is 0 Å². The van der Waals surface area contributed by atoms with Gasteiger partial charge >= 0.3 is 0 Å². The van der Waals surface area contributed by atoms with E-state index in [9.17, 15) is 0 Å². The molecule has 0 atom stereocenters. The Balaban J connectivity index is 1.23. The summed E-state index contributed by atoms with van der Waals surface area (Å²) in [6, 6.07) is 49.3. The fourth-order valence-electron chi connectivity index (χ4n) is 6.87. The quantitative estimate of drug-likeness (QED) is 0.208. The van der Waals surface area contributed by atoms with Crippen molar-refractivity contribution in [3.8, 4) is 0 Å². The molecular weight excluding hydrogens is 559 g/mol. The van der Waals surface area contributed by atoms with Crippen LogP contribution in [-0.2, 0) is 0 Å². The van der Waals surface area contributed by atoms with Gasteiger partial charge in [0, 0.05) is 64.8 Å². The highest BCUT2D eigenvalue weighted by Crippen LogP contribution is 2.46. The largest absolute Gasteiger partial charge is 0.456 e. The fourth-order valence-corrected chi connectivity index (χ4v) is 8.14. The predicted molar refractivity (Wildman–Crippen MR) is 186 cm³/mol. The first kappa shape index (κ1) is 23.9. The maximum atomic E-state index is 6.45. The Bertz CT molecular complexity index is 2730. The topological polar surface area (TPSA) is 29.5 Å². The van der Waals surface area contributed by atoms with E-state index >= 15 is 0 Å². The maximum Gasteiger partial charge on any atom is 0.137 e. The molecule has 0 saturated carbocycles. The number of thiophene rings is 1. The Morgan fingerprint density at radius 2 is 1.09 bits per heavy atom. The van der Waals surface area contributed by atoms with Gasteiger partial charge in [0.05, 0.1) is 0 Å². The number of anilines is 3. The molecular formula is C40H23NO2S. The van der Waals surface area contributed by atoms with Crippen LogP contribution in [0.5, 0.6) is 0 Å². The lowest BCUT2D eigenvalue weighted by Crippen LogP contribution is -2.09. The average Bonchev–Trinajstić information content (AvgIpc) is 3.76. The van der Waals surface area contributed by atoms with Gasteiger partial charge in [-0.15, -0.1) is 11.3 Å². The van der Waals surface area contributed by atoms with E-state index in [0.29, 0.717) is 0 Å². The van der Waals surface area contributed by atoms with E-state index < -0.39 is 0 Å². The Hall–Kier alpha value is -5.58. The maximum absolute atomic E-state index is 6.45. The van der Waals surface area contributed by atoms with Crippen molar-refractivity contribution in [1.82, 2.24) is 0 Å². The van der Waals surface area contributed by atoms with Gasteiger partial charge in [0.1, 0.15) is 22.3 Å². The molecule has 3 aromatic heterocycles. The number of fused-ring (bicyclic) bond motifs is 12. The summed E-state index contributed by atoms with van der Waals surface area (Å²) in [6.07, 6.45) is 0. The smallest absolute Gasteiger partial charge is 0.137 e. The molecule has 3 heterocycles. The van der Waals surface area contributed by atoms with Gasteiger partial charge in [-0.25, -0.2) is 0 Å². The van der Waals surface area contributed by atoms with E-state index in [1.807, 2.05) is 23.5 Å². The van der Waals surface area contributed by atoms with Crippen molar-refractivity contribution >= 4 is 103 Å². The van der Waals surface area contributed by atoms with Crippen molar-refractivity contribution in [2.45, 2.75) is 0 Å². The number of para-hydroxylation sites is 2. The van der Waals surface area contributed by atoms with E-state index in [0.717, 1.165) is 55.6 Å². The molecule has 44 heavy (non-hydrogen) atoms. The van der Waals surface area contributed by atoms with Crippen molar-refractivity contribution in [3.05, 3.63) is 140 Å². The first-order valence-corrected chi connectivity index (χ1v) is 15.6. The first-order valence-electron chi connectivity index (χ1n) is 14.8. The molecule has 0 aliphatic carbocycles. The number of benzene rings is 7. The number of hydrogen-bond donors (Lipinski definition) is 0. The third-order valence-electron chi connectivity index (χ3n) is 8.84. The van der Waals surface area contributed by atoms with E-state index in [2.05, 4.69) is 132 Å². The summed E-state index contributed by atoms with van der Waals surface area (Å²) >= 11 is 1.85. The summed E-state index contributed by atoms with van der Waals surface area (Å²) in [5.41, 5.74) is 6.75. The van der Waals surface area contributed by atoms with Crippen LogP contribution in [0.15, 0.2) is 148 Å². The van der Waals surface area contributed by atoms with Crippen molar-refractivity contribution in [3.63, 3.8) is 0 Å². The Kier molecular flexibility index (Phi) is 4.87. The number of rotatable bonds is 3. The van der Waals surface area contributed by atoms with Crippen LogP contribution in [0, 0.1) is 0 Å². The van der Waals surface area contributed by atoms with Gasteiger partial charge in [0.15, 0.2) is 0 Å². The summed E-state index contributed by atoms with van der Waals surface area (Å²) < 4.78 is 15.3.